The van der Waals surface area contributed by atoms with Gasteiger partial charge in [-0.15, -0.1) is 23.5 Å². The third-order valence-corrected chi connectivity index (χ3v) is 9.31. The fourth-order valence-electron chi connectivity index (χ4n) is 3.53. The van der Waals surface area contributed by atoms with E-state index in [1.165, 1.54) is 30.4 Å². The third-order valence-electron chi connectivity index (χ3n) is 5.51. The minimum atomic E-state index is -0.389. The van der Waals surface area contributed by atoms with Gasteiger partial charge in [-0.05, 0) is 64.8 Å². The molecule has 1 fully saturated rings. The molecule has 3 aromatic carbocycles. The van der Waals surface area contributed by atoms with Gasteiger partial charge < -0.3 is 19.5 Å². The molecule has 3 aromatic rings. The van der Waals surface area contributed by atoms with Gasteiger partial charge in [-0.1, -0.05) is 29.8 Å². The highest BCUT2D eigenvalue weighted by Gasteiger charge is 2.18. The summed E-state index contributed by atoms with van der Waals surface area (Å²) in [5, 5.41) is 6.80. The van der Waals surface area contributed by atoms with Crippen LogP contribution in [0.4, 0.5) is 5.69 Å². The Morgan fingerprint density at radius 3 is 2.36 bits per heavy atom. The molecule has 4 rings (SSSR count). The minimum absolute atomic E-state index is 0.161. The van der Waals surface area contributed by atoms with Crippen molar-refractivity contribution in [3.05, 3.63) is 81.8 Å². The molecule has 1 aliphatic heterocycles. The monoisotopic (exact) mass is 629 g/mol. The highest BCUT2D eigenvalue weighted by molar-refractivity contribution is 9.10. The topological polar surface area (TPSA) is 98.2 Å². The Kier molecular flexibility index (Phi) is 10.6. The van der Waals surface area contributed by atoms with Crippen LogP contribution in [0.5, 0.6) is 17.2 Å². The molecule has 2 amide bonds. The van der Waals surface area contributed by atoms with Crippen LogP contribution in [-0.2, 0) is 9.59 Å². The number of benzene rings is 3. The zero-order valence-electron chi connectivity index (χ0n) is 21.4. The fraction of sp³-hybridized carbons (Fsp3) is 0.250. The first kappa shape index (κ1) is 28.8. The second-order valence-corrected chi connectivity index (χ2v) is 12.0. The van der Waals surface area contributed by atoms with Crippen LogP contribution < -0.4 is 25.0 Å². The van der Waals surface area contributed by atoms with Gasteiger partial charge in [0.1, 0.15) is 5.75 Å². The van der Waals surface area contributed by atoms with Crippen molar-refractivity contribution in [2.75, 3.05) is 37.1 Å². The molecule has 0 atom stereocenters. The summed E-state index contributed by atoms with van der Waals surface area (Å²) in [4.78, 5) is 24.5. The number of amides is 2. The van der Waals surface area contributed by atoms with Gasteiger partial charge in [0.05, 0.1) is 17.9 Å². The number of carbonyl (C=O) groups is 2. The summed E-state index contributed by atoms with van der Waals surface area (Å²) in [7, 11) is 1.50. The number of nitrogens with one attached hydrogen (secondary N) is 2. The Morgan fingerprint density at radius 2 is 1.67 bits per heavy atom. The molecule has 1 heterocycles. The molecule has 0 aliphatic carbocycles. The Bertz CT molecular complexity index is 1310. The lowest BCUT2D eigenvalue weighted by atomic mass is 10.2. The molecule has 204 valence electrons. The first-order chi connectivity index (χ1) is 18.9. The average Bonchev–Trinajstić information content (AvgIpc) is 3.48. The van der Waals surface area contributed by atoms with E-state index >= 15 is 0 Å². The van der Waals surface area contributed by atoms with Crippen molar-refractivity contribution in [3.63, 3.8) is 0 Å². The number of anilines is 1. The van der Waals surface area contributed by atoms with Crippen LogP contribution in [0.15, 0.2) is 70.2 Å². The van der Waals surface area contributed by atoms with Crippen LogP contribution in [0, 0.1) is 6.92 Å². The van der Waals surface area contributed by atoms with Crippen LogP contribution >= 0.6 is 39.5 Å². The summed E-state index contributed by atoms with van der Waals surface area (Å²) < 4.78 is 17.8. The van der Waals surface area contributed by atoms with Crippen molar-refractivity contribution in [2.45, 2.75) is 11.5 Å². The van der Waals surface area contributed by atoms with Gasteiger partial charge in [0.25, 0.3) is 11.8 Å². The van der Waals surface area contributed by atoms with Crippen LogP contribution in [0.3, 0.4) is 0 Å². The Morgan fingerprint density at radius 1 is 0.974 bits per heavy atom. The van der Waals surface area contributed by atoms with Gasteiger partial charge in [-0.3, -0.25) is 9.59 Å². The van der Waals surface area contributed by atoms with Gasteiger partial charge in [-0.25, -0.2) is 5.43 Å². The molecule has 1 aliphatic rings. The van der Waals surface area contributed by atoms with Crippen LogP contribution in [-0.4, -0.2) is 49.9 Å². The van der Waals surface area contributed by atoms with Crippen molar-refractivity contribution in [2.24, 2.45) is 5.10 Å². The molecule has 0 saturated carbocycles. The fourth-order valence-corrected chi connectivity index (χ4v) is 6.81. The molecule has 2 N–H and O–H groups in total. The molecular weight excluding hydrogens is 602 g/mol. The zero-order chi connectivity index (χ0) is 27.6. The second kappa shape index (κ2) is 14.3. The van der Waals surface area contributed by atoms with Crippen molar-refractivity contribution >= 4 is 63.2 Å². The van der Waals surface area contributed by atoms with Gasteiger partial charge in [-0.2, -0.15) is 5.10 Å². The van der Waals surface area contributed by atoms with Gasteiger partial charge in [0.2, 0.25) is 0 Å². The molecule has 0 radical (unpaired) electrons. The zero-order valence-corrected chi connectivity index (χ0v) is 24.7. The number of hydrogen-bond acceptors (Lipinski definition) is 8. The summed E-state index contributed by atoms with van der Waals surface area (Å²) in [6, 6.07) is 18.7. The summed E-state index contributed by atoms with van der Waals surface area (Å²) in [6.45, 7) is 1.62. The Balaban J connectivity index is 1.25. The molecule has 11 heteroatoms. The quantitative estimate of drug-likeness (QED) is 0.205. The normalized spacial score (nSPS) is 13.3. The minimum Gasteiger partial charge on any atom is -0.493 e. The van der Waals surface area contributed by atoms with Crippen LogP contribution in [0.2, 0.25) is 0 Å². The number of aryl methyl sites for hydroxylation is 1. The van der Waals surface area contributed by atoms with Crippen molar-refractivity contribution in [3.8, 4) is 17.2 Å². The number of thioether (sulfide) groups is 2. The Labute approximate surface area is 244 Å². The molecule has 8 nitrogen and oxygen atoms in total. The molecular formula is C28H28BrN3O5S2. The first-order valence-electron chi connectivity index (χ1n) is 12.1. The summed E-state index contributed by atoms with van der Waals surface area (Å²) >= 11 is 7.35. The van der Waals surface area contributed by atoms with Crippen molar-refractivity contribution < 1.29 is 23.8 Å². The van der Waals surface area contributed by atoms with E-state index in [1.807, 2.05) is 79.0 Å². The first-order valence-corrected chi connectivity index (χ1v) is 14.9. The molecule has 0 bridgehead atoms. The number of ether oxygens (including phenoxy) is 3. The number of nitrogens with zero attached hydrogens (tertiary/aromatic N) is 1. The van der Waals surface area contributed by atoms with Gasteiger partial charge in [0, 0.05) is 27.2 Å². The van der Waals surface area contributed by atoms with E-state index in [1.54, 1.807) is 12.1 Å². The van der Waals surface area contributed by atoms with E-state index in [9.17, 15) is 9.59 Å². The van der Waals surface area contributed by atoms with E-state index in [0.717, 1.165) is 5.56 Å². The number of carbonyl (C=O) groups excluding carboxylic acids is 2. The lowest BCUT2D eigenvalue weighted by Crippen LogP contribution is -2.24. The van der Waals surface area contributed by atoms with E-state index < -0.39 is 0 Å². The number of rotatable bonds is 11. The smallest absolute Gasteiger partial charge is 0.277 e. The largest absolute Gasteiger partial charge is 0.493 e. The number of halogens is 1. The van der Waals surface area contributed by atoms with Gasteiger partial charge in [0.15, 0.2) is 24.7 Å². The third kappa shape index (κ3) is 8.67. The maximum atomic E-state index is 12.3. The summed E-state index contributed by atoms with van der Waals surface area (Å²) in [5.41, 5.74) is 6.15. The van der Waals surface area contributed by atoms with Crippen molar-refractivity contribution in [1.82, 2.24) is 5.43 Å². The summed E-state index contributed by atoms with van der Waals surface area (Å²) in [6.07, 6.45) is 1.48. The van der Waals surface area contributed by atoms with E-state index in [2.05, 4.69) is 31.8 Å². The van der Waals surface area contributed by atoms with Crippen LogP contribution in [0.25, 0.3) is 0 Å². The predicted octanol–water partition coefficient (Wildman–Crippen LogP) is 5.79. The van der Waals surface area contributed by atoms with Crippen molar-refractivity contribution in [1.29, 1.82) is 0 Å². The molecule has 1 saturated heterocycles. The standard InChI is InChI=1S/C28H28BrN3O5S2/c1-18-3-7-21(8-4-18)31-26(33)16-37-25-14-23(29)20(13-24(25)35-2)15-30-32-27(34)17-36-22-9-5-19(6-10-22)28-38-11-12-39-28/h3-10,13-15,28H,11-12,16-17H2,1-2H3,(H,31,33)(H,32,34)/b30-15-. The highest BCUT2D eigenvalue weighted by atomic mass is 79.9. The maximum absolute atomic E-state index is 12.3. The lowest BCUT2D eigenvalue weighted by Gasteiger charge is -2.13. The molecule has 39 heavy (non-hydrogen) atoms. The lowest BCUT2D eigenvalue weighted by molar-refractivity contribution is -0.123. The van der Waals surface area contributed by atoms with E-state index in [-0.39, 0.29) is 25.0 Å². The van der Waals surface area contributed by atoms with E-state index in [4.69, 9.17) is 14.2 Å². The highest BCUT2D eigenvalue weighted by Crippen LogP contribution is 2.45. The number of methoxy groups -OCH3 is 1. The Hall–Kier alpha value is -3.15. The SMILES string of the molecule is COc1cc(/C=N\NC(=O)COc2ccc(C3SCCS3)cc2)c(Br)cc1OCC(=O)Nc1ccc(C)cc1. The molecule has 0 aromatic heterocycles. The number of hydrogen-bond donors (Lipinski definition) is 2. The summed E-state index contributed by atoms with van der Waals surface area (Å²) in [5.74, 6) is 3.08. The van der Waals surface area contributed by atoms with Crippen LogP contribution in [0.1, 0.15) is 21.3 Å². The second-order valence-electron chi connectivity index (χ2n) is 8.45. The molecule has 0 spiro atoms. The predicted molar refractivity (Wildman–Crippen MR) is 161 cm³/mol. The average molecular weight is 631 g/mol. The van der Waals surface area contributed by atoms with Gasteiger partial charge >= 0.3 is 0 Å². The molecule has 0 unspecified atom stereocenters. The number of hydrazone groups is 1. The van der Waals surface area contributed by atoms with E-state index in [0.29, 0.717) is 37.6 Å². The maximum Gasteiger partial charge on any atom is 0.277 e.